The lowest BCUT2D eigenvalue weighted by atomic mass is 10.3. The van der Waals surface area contributed by atoms with Gasteiger partial charge in [-0.05, 0) is 18.4 Å². The molecule has 0 spiro atoms. The highest BCUT2D eigenvalue weighted by molar-refractivity contribution is 7.97. The van der Waals surface area contributed by atoms with Crippen LogP contribution in [0.2, 0.25) is 0 Å². The molecular weight excluding hydrogens is 332 g/mol. The number of hydrogen-bond acceptors (Lipinski definition) is 6. The number of primary amides is 1. The fraction of sp³-hybridized carbons (Fsp3) is 0.333. The van der Waals surface area contributed by atoms with Crippen LogP contribution in [0.15, 0.2) is 24.3 Å². The van der Waals surface area contributed by atoms with Crippen molar-refractivity contribution in [1.82, 2.24) is 14.9 Å². The molecule has 0 atom stereocenters. The number of esters is 1. The SMILES string of the molecule is CSCc1nc2ccccc2n1CC(=O)OCC(=O)NCC(N)=O. The maximum Gasteiger partial charge on any atom is 0.326 e. The Morgan fingerprint density at radius 1 is 1.33 bits per heavy atom. The van der Waals surface area contributed by atoms with Gasteiger partial charge in [-0.25, -0.2) is 4.98 Å². The molecule has 0 bridgehead atoms. The highest BCUT2D eigenvalue weighted by Crippen LogP contribution is 2.18. The molecule has 0 fully saturated rings. The Kier molecular flexibility index (Phi) is 6.19. The highest BCUT2D eigenvalue weighted by Gasteiger charge is 2.15. The average Bonchev–Trinajstić information content (AvgIpc) is 2.89. The summed E-state index contributed by atoms with van der Waals surface area (Å²) in [5.74, 6) is -0.391. The summed E-state index contributed by atoms with van der Waals surface area (Å²) in [6, 6.07) is 7.49. The Bertz CT molecular complexity index is 759. The molecule has 128 valence electrons. The van der Waals surface area contributed by atoms with Gasteiger partial charge in [-0.15, -0.1) is 0 Å². The van der Waals surface area contributed by atoms with Crippen LogP contribution in [-0.4, -0.2) is 46.7 Å². The van der Waals surface area contributed by atoms with Crippen LogP contribution in [0, 0.1) is 0 Å². The molecule has 8 nitrogen and oxygen atoms in total. The molecule has 24 heavy (non-hydrogen) atoms. The monoisotopic (exact) mass is 350 g/mol. The first-order valence-corrected chi connectivity index (χ1v) is 8.54. The van der Waals surface area contributed by atoms with Crippen molar-refractivity contribution in [2.75, 3.05) is 19.4 Å². The number of nitrogens with one attached hydrogen (secondary N) is 1. The normalized spacial score (nSPS) is 10.5. The zero-order valence-electron chi connectivity index (χ0n) is 13.2. The summed E-state index contributed by atoms with van der Waals surface area (Å²) in [6.45, 7) is -0.795. The molecule has 0 aliphatic heterocycles. The summed E-state index contributed by atoms with van der Waals surface area (Å²) in [4.78, 5) is 38.5. The zero-order chi connectivity index (χ0) is 17.5. The average molecular weight is 350 g/mol. The van der Waals surface area contributed by atoms with Gasteiger partial charge >= 0.3 is 5.97 Å². The Morgan fingerprint density at radius 2 is 2.08 bits per heavy atom. The molecular formula is C15H18N4O4S. The van der Waals surface area contributed by atoms with Crippen LogP contribution >= 0.6 is 11.8 Å². The van der Waals surface area contributed by atoms with E-state index in [9.17, 15) is 14.4 Å². The van der Waals surface area contributed by atoms with Gasteiger partial charge in [0.15, 0.2) is 6.61 Å². The van der Waals surface area contributed by atoms with Gasteiger partial charge in [0, 0.05) is 0 Å². The summed E-state index contributed by atoms with van der Waals surface area (Å²) in [6.07, 6.45) is 1.95. The van der Waals surface area contributed by atoms with E-state index in [1.165, 1.54) is 0 Å². The van der Waals surface area contributed by atoms with Crippen molar-refractivity contribution < 1.29 is 19.1 Å². The van der Waals surface area contributed by atoms with Crippen molar-refractivity contribution in [3.63, 3.8) is 0 Å². The van der Waals surface area contributed by atoms with E-state index in [4.69, 9.17) is 10.5 Å². The molecule has 9 heteroatoms. The Hall–Kier alpha value is -2.55. The van der Waals surface area contributed by atoms with Crippen molar-refractivity contribution in [1.29, 1.82) is 0 Å². The first-order chi connectivity index (χ1) is 11.5. The minimum atomic E-state index is -0.665. The molecule has 0 aliphatic carbocycles. The van der Waals surface area contributed by atoms with Crippen LogP contribution in [0.4, 0.5) is 0 Å². The van der Waals surface area contributed by atoms with Crippen LogP contribution in [0.25, 0.3) is 11.0 Å². The fourth-order valence-electron chi connectivity index (χ4n) is 2.10. The number of benzene rings is 1. The summed E-state index contributed by atoms with van der Waals surface area (Å²) in [7, 11) is 0. The van der Waals surface area contributed by atoms with E-state index in [0.717, 1.165) is 16.9 Å². The van der Waals surface area contributed by atoms with E-state index in [0.29, 0.717) is 5.75 Å². The molecule has 2 rings (SSSR count). The van der Waals surface area contributed by atoms with Crippen molar-refractivity contribution in [2.45, 2.75) is 12.3 Å². The second kappa shape index (κ2) is 8.34. The third-order valence-electron chi connectivity index (χ3n) is 3.12. The Labute approximate surface area is 142 Å². The lowest BCUT2D eigenvalue weighted by Crippen LogP contribution is -2.36. The molecule has 0 saturated carbocycles. The van der Waals surface area contributed by atoms with Crippen LogP contribution in [-0.2, 0) is 31.4 Å². The molecule has 2 aromatic rings. The van der Waals surface area contributed by atoms with E-state index >= 15 is 0 Å². The number of amides is 2. The van der Waals surface area contributed by atoms with Crippen LogP contribution < -0.4 is 11.1 Å². The minimum Gasteiger partial charge on any atom is -0.454 e. The van der Waals surface area contributed by atoms with Gasteiger partial charge < -0.3 is 20.4 Å². The maximum atomic E-state index is 12.0. The van der Waals surface area contributed by atoms with Gasteiger partial charge in [-0.2, -0.15) is 11.8 Å². The largest absolute Gasteiger partial charge is 0.454 e. The summed E-state index contributed by atoms with van der Waals surface area (Å²) >= 11 is 1.60. The van der Waals surface area contributed by atoms with Crippen molar-refractivity contribution in [2.24, 2.45) is 5.73 Å². The molecule has 0 aliphatic rings. The van der Waals surface area contributed by atoms with Gasteiger partial charge in [0.2, 0.25) is 5.91 Å². The molecule has 1 aromatic carbocycles. The predicted octanol–water partition coefficient (Wildman–Crippen LogP) is 0.0440. The lowest BCUT2D eigenvalue weighted by Gasteiger charge is -2.09. The summed E-state index contributed by atoms with van der Waals surface area (Å²) in [5, 5.41) is 2.24. The number of aromatic nitrogens is 2. The zero-order valence-corrected chi connectivity index (χ0v) is 14.0. The number of hydrogen-bond donors (Lipinski definition) is 2. The number of rotatable bonds is 8. The first-order valence-electron chi connectivity index (χ1n) is 7.15. The van der Waals surface area contributed by atoms with E-state index < -0.39 is 24.4 Å². The topological polar surface area (TPSA) is 116 Å². The molecule has 3 N–H and O–H groups in total. The van der Waals surface area contributed by atoms with Gasteiger partial charge in [0.1, 0.15) is 12.4 Å². The van der Waals surface area contributed by atoms with Crippen LogP contribution in [0.1, 0.15) is 5.82 Å². The quantitative estimate of drug-likeness (QED) is 0.650. The smallest absolute Gasteiger partial charge is 0.326 e. The third-order valence-corrected chi connectivity index (χ3v) is 3.67. The first kappa shape index (κ1) is 17.8. The second-order valence-corrected chi connectivity index (χ2v) is 5.81. The highest BCUT2D eigenvalue weighted by atomic mass is 32.2. The lowest BCUT2D eigenvalue weighted by molar-refractivity contribution is -0.149. The van der Waals surface area contributed by atoms with Gasteiger partial charge in [-0.1, -0.05) is 12.1 Å². The number of thioether (sulfide) groups is 1. The molecule has 0 saturated heterocycles. The van der Waals surface area contributed by atoms with Crippen molar-refractivity contribution in [3.05, 3.63) is 30.1 Å². The number of carbonyl (C=O) groups excluding carboxylic acids is 3. The van der Waals surface area contributed by atoms with E-state index in [-0.39, 0.29) is 13.1 Å². The molecule has 1 aromatic heterocycles. The Balaban J connectivity index is 2.00. The number of fused-ring (bicyclic) bond motifs is 1. The van der Waals surface area contributed by atoms with E-state index in [1.54, 1.807) is 16.3 Å². The van der Waals surface area contributed by atoms with Crippen molar-refractivity contribution in [3.8, 4) is 0 Å². The number of nitrogens with zero attached hydrogens (tertiary/aromatic N) is 2. The number of ether oxygens (including phenoxy) is 1. The third kappa shape index (κ3) is 4.72. The Morgan fingerprint density at radius 3 is 2.79 bits per heavy atom. The van der Waals surface area contributed by atoms with Crippen LogP contribution in [0.3, 0.4) is 0 Å². The number of imidazole rings is 1. The number of para-hydroxylation sites is 2. The van der Waals surface area contributed by atoms with Gasteiger partial charge in [0.25, 0.3) is 5.91 Å². The number of nitrogens with two attached hydrogens (primary N) is 1. The molecule has 0 unspecified atom stereocenters. The van der Waals surface area contributed by atoms with E-state index in [1.807, 2.05) is 30.5 Å². The second-order valence-electron chi connectivity index (χ2n) is 4.94. The molecule has 2 amide bonds. The minimum absolute atomic E-state index is 0.0422. The van der Waals surface area contributed by atoms with Crippen LogP contribution in [0.5, 0.6) is 0 Å². The summed E-state index contributed by atoms with van der Waals surface area (Å²) in [5.41, 5.74) is 6.54. The summed E-state index contributed by atoms with van der Waals surface area (Å²) < 4.78 is 6.71. The fourth-order valence-corrected chi connectivity index (χ4v) is 2.58. The van der Waals surface area contributed by atoms with Crippen molar-refractivity contribution >= 4 is 40.6 Å². The van der Waals surface area contributed by atoms with Gasteiger partial charge in [0.05, 0.1) is 23.3 Å². The predicted molar refractivity (Wildman–Crippen MR) is 90.1 cm³/mol. The molecule has 1 heterocycles. The molecule has 0 radical (unpaired) electrons. The number of carbonyl (C=O) groups is 3. The standard InChI is InChI=1S/C15H18N4O4S/c1-24-9-13-18-10-4-2-3-5-11(10)19(13)7-15(22)23-8-14(21)17-6-12(16)20/h2-5H,6-9H2,1H3,(H2,16,20)(H,17,21). The maximum absolute atomic E-state index is 12.0. The van der Waals surface area contributed by atoms with Gasteiger partial charge in [-0.3, -0.25) is 14.4 Å². The van der Waals surface area contributed by atoms with E-state index in [2.05, 4.69) is 10.3 Å².